The van der Waals surface area contributed by atoms with Gasteiger partial charge in [-0.1, -0.05) is 18.2 Å². The van der Waals surface area contributed by atoms with Crippen LogP contribution in [0, 0.1) is 5.92 Å². The summed E-state index contributed by atoms with van der Waals surface area (Å²) < 4.78 is 13.8. The molecule has 28 heavy (non-hydrogen) atoms. The number of carbonyl (C=O) groups excluding carboxylic acids is 1. The van der Waals surface area contributed by atoms with E-state index in [0.717, 1.165) is 49.6 Å². The van der Waals surface area contributed by atoms with Gasteiger partial charge in [0.1, 0.15) is 23.9 Å². The molecular weight excluding hydrogens is 354 g/mol. The Balaban J connectivity index is 1.36. The summed E-state index contributed by atoms with van der Waals surface area (Å²) in [5.41, 5.74) is 1.50. The summed E-state index contributed by atoms with van der Waals surface area (Å²) in [6.45, 7) is 8.31. The average molecular weight is 383 g/mol. The molecule has 4 rings (SSSR count). The van der Waals surface area contributed by atoms with Crippen molar-refractivity contribution in [2.24, 2.45) is 5.92 Å². The molecule has 0 fully saturated rings. The summed E-state index contributed by atoms with van der Waals surface area (Å²) >= 11 is 0. The summed E-state index contributed by atoms with van der Waals surface area (Å²) in [5.74, 6) is 2.23. The van der Waals surface area contributed by atoms with Crippen LogP contribution in [0.1, 0.15) is 49.1 Å². The van der Waals surface area contributed by atoms with Gasteiger partial charge in [-0.2, -0.15) is 0 Å². The zero-order valence-corrected chi connectivity index (χ0v) is 16.9. The van der Waals surface area contributed by atoms with Crippen molar-refractivity contribution < 1.29 is 14.3 Å². The number of nitrogens with zero attached hydrogens (tertiary/aromatic N) is 2. The van der Waals surface area contributed by atoms with E-state index in [1.807, 2.05) is 30.5 Å². The van der Waals surface area contributed by atoms with Gasteiger partial charge in [-0.3, -0.25) is 4.79 Å². The number of para-hydroxylation sites is 1. The van der Waals surface area contributed by atoms with Crippen LogP contribution in [-0.2, 0) is 24.1 Å². The molecule has 150 valence electrons. The third-order valence-corrected chi connectivity index (χ3v) is 5.29. The Kier molecular flexibility index (Phi) is 5.15. The number of hydrogen-bond donors (Lipinski definition) is 1. The molecule has 6 nitrogen and oxygen atoms in total. The van der Waals surface area contributed by atoms with Gasteiger partial charge in [-0.15, -0.1) is 0 Å². The number of fused-ring (bicyclic) bond motifs is 2. The van der Waals surface area contributed by atoms with Crippen LogP contribution in [-0.4, -0.2) is 40.3 Å². The topological polar surface area (TPSA) is 65.4 Å². The highest BCUT2D eigenvalue weighted by Gasteiger charge is 2.26. The Morgan fingerprint density at radius 1 is 1.36 bits per heavy atom. The molecule has 2 atom stereocenters. The molecule has 1 aromatic carbocycles. The zero-order valence-electron chi connectivity index (χ0n) is 16.9. The summed E-state index contributed by atoms with van der Waals surface area (Å²) in [6.07, 6.45) is 4.58. The van der Waals surface area contributed by atoms with Gasteiger partial charge in [0, 0.05) is 25.1 Å². The summed E-state index contributed by atoms with van der Waals surface area (Å²) in [4.78, 5) is 17.3. The number of hydrogen-bond acceptors (Lipinski definition) is 4. The number of rotatable bonds is 4. The van der Waals surface area contributed by atoms with Crippen LogP contribution < -0.4 is 10.1 Å². The van der Waals surface area contributed by atoms with Crippen LogP contribution >= 0.6 is 0 Å². The Bertz CT molecular complexity index is 853. The van der Waals surface area contributed by atoms with Gasteiger partial charge in [-0.05, 0) is 45.2 Å². The van der Waals surface area contributed by atoms with Gasteiger partial charge >= 0.3 is 0 Å². The first-order valence-corrected chi connectivity index (χ1v) is 10.1. The number of carbonyl (C=O) groups is 1. The van der Waals surface area contributed by atoms with Crippen molar-refractivity contribution in [2.45, 2.75) is 58.2 Å². The van der Waals surface area contributed by atoms with E-state index in [1.165, 1.54) is 0 Å². The molecule has 0 radical (unpaired) electrons. The average Bonchev–Trinajstić information content (AvgIpc) is 3.09. The largest absolute Gasteiger partial charge is 0.491 e. The van der Waals surface area contributed by atoms with Crippen molar-refractivity contribution in [1.82, 2.24) is 14.9 Å². The van der Waals surface area contributed by atoms with E-state index in [-0.39, 0.29) is 17.6 Å². The van der Waals surface area contributed by atoms with Gasteiger partial charge in [0.15, 0.2) is 0 Å². The summed E-state index contributed by atoms with van der Waals surface area (Å²) in [6, 6.07) is 7.94. The molecule has 2 aliphatic rings. The van der Waals surface area contributed by atoms with E-state index in [2.05, 4.69) is 35.6 Å². The number of benzene rings is 1. The van der Waals surface area contributed by atoms with Gasteiger partial charge < -0.3 is 19.4 Å². The molecule has 0 saturated heterocycles. The lowest BCUT2D eigenvalue weighted by Gasteiger charge is -2.27. The first-order valence-electron chi connectivity index (χ1n) is 10.1. The first-order chi connectivity index (χ1) is 13.4. The highest BCUT2D eigenvalue weighted by molar-refractivity contribution is 5.92. The molecule has 2 aromatic rings. The molecule has 1 aromatic heterocycles. The summed E-state index contributed by atoms with van der Waals surface area (Å²) in [7, 11) is 0. The molecular formula is C22H29N3O3. The Labute approximate surface area is 166 Å². The highest BCUT2D eigenvalue weighted by Crippen LogP contribution is 2.25. The fourth-order valence-corrected chi connectivity index (χ4v) is 3.81. The van der Waals surface area contributed by atoms with Crippen LogP contribution in [0.5, 0.6) is 5.75 Å². The van der Waals surface area contributed by atoms with Crippen LogP contribution in [0.2, 0.25) is 0 Å². The van der Waals surface area contributed by atoms with Gasteiger partial charge in [0.2, 0.25) is 0 Å². The molecule has 2 aliphatic heterocycles. The third-order valence-electron chi connectivity index (χ3n) is 5.29. The fourth-order valence-electron chi connectivity index (χ4n) is 3.81. The molecule has 3 heterocycles. The number of aryl methyl sites for hydroxylation is 1. The van der Waals surface area contributed by atoms with Crippen molar-refractivity contribution in [3.8, 4) is 5.75 Å². The van der Waals surface area contributed by atoms with E-state index in [0.29, 0.717) is 18.2 Å². The number of ether oxygens (including phenoxy) is 2. The minimum absolute atomic E-state index is 0.0333. The molecule has 0 bridgehead atoms. The minimum atomic E-state index is -0.127. The van der Waals surface area contributed by atoms with Crippen molar-refractivity contribution >= 4 is 5.91 Å². The fraction of sp³-hybridized carbons (Fsp3) is 0.545. The van der Waals surface area contributed by atoms with Crippen LogP contribution in [0.15, 0.2) is 30.5 Å². The SMILES string of the molecule is CC(C)(C)OCC1CCc2nc(C(=O)NC3COc4ccccc4C3)cn2C1. The lowest BCUT2D eigenvalue weighted by atomic mass is 10.00. The minimum Gasteiger partial charge on any atom is -0.491 e. The van der Waals surface area contributed by atoms with Crippen LogP contribution in [0.3, 0.4) is 0 Å². The van der Waals surface area contributed by atoms with Crippen molar-refractivity contribution in [3.63, 3.8) is 0 Å². The van der Waals surface area contributed by atoms with Crippen LogP contribution in [0.4, 0.5) is 0 Å². The Morgan fingerprint density at radius 3 is 3.00 bits per heavy atom. The number of nitrogens with one attached hydrogen (secondary N) is 1. The second-order valence-corrected chi connectivity index (χ2v) is 8.82. The van der Waals surface area contributed by atoms with Gasteiger partial charge in [0.05, 0.1) is 18.2 Å². The standard InChI is InChI=1S/C22H29N3O3/c1-22(2,3)28-13-15-8-9-20-24-18(12-25(20)11-15)21(26)23-17-10-16-6-4-5-7-19(16)27-14-17/h4-7,12,15,17H,8-11,13-14H2,1-3H3,(H,23,26). The summed E-state index contributed by atoms with van der Waals surface area (Å²) in [5, 5.41) is 3.08. The van der Waals surface area contributed by atoms with Crippen molar-refractivity contribution in [3.05, 3.63) is 47.5 Å². The second-order valence-electron chi connectivity index (χ2n) is 8.82. The Morgan fingerprint density at radius 2 is 2.18 bits per heavy atom. The normalized spacial score (nSPS) is 21.4. The Hall–Kier alpha value is -2.34. The lowest BCUT2D eigenvalue weighted by Crippen LogP contribution is -2.42. The maximum atomic E-state index is 12.7. The molecule has 0 spiro atoms. The molecule has 0 aliphatic carbocycles. The predicted octanol–water partition coefficient (Wildman–Crippen LogP) is 2.99. The number of imidazole rings is 1. The van der Waals surface area contributed by atoms with Gasteiger partial charge in [-0.25, -0.2) is 4.98 Å². The quantitative estimate of drug-likeness (QED) is 0.882. The smallest absolute Gasteiger partial charge is 0.271 e. The molecule has 6 heteroatoms. The molecule has 0 saturated carbocycles. The second kappa shape index (κ2) is 7.59. The maximum Gasteiger partial charge on any atom is 0.271 e. The van der Waals surface area contributed by atoms with Crippen molar-refractivity contribution in [2.75, 3.05) is 13.2 Å². The van der Waals surface area contributed by atoms with Crippen LogP contribution in [0.25, 0.3) is 0 Å². The van der Waals surface area contributed by atoms with E-state index >= 15 is 0 Å². The number of amides is 1. The van der Waals surface area contributed by atoms with E-state index < -0.39 is 0 Å². The molecule has 2 unspecified atom stereocenters. The highest BCUT2D eigenvalue weighted by atomic mass is 16.5. The van der Waals surface area contributed by atoms with E-state index in [9.17, 15) is 4.79 Å². The van der Waals surface area contributed by atoms with E-state index in [4.69, 9.17) is 9.47 Å². The zero-order chi connectivity index (χ0) is 19.7. The van der Waals surface area contributed by atoms with Gasteiger partial charge in [0.25, 0.3) is 5.91 Å². The predicted molar refractivity (Wildman–Crippen MR) is 107 cm³/mol. The molecule has 1 amide bonds. The third kappa shape index (κ3) is 4.38. The van der Waals surface area contributed by atoms with E-state index in [1.54, 1.807) is 0 Å². The lowest BCUT2D eigenvalue weighted by molar-refractivity contribution is -0.0279. The number of aromatic nitrogens is 2. The maximum absolute atomic E-state index is 12.7. The monoisotopic (exact) mass is 383 g/mol. The van der Waals surface area contributed by atoms with Crippen molar-refractivity contribution in [1.29, 1.82) is 0 Å². The molecule has 1 N–H and O–H groups in total. The first kappa shape index (κ1) is 19.0.